The third-order valence-electron chi connectivity index (χ3n) is 2.31. The lowest BCUT2D eigenvalue weighted by Crippen LogP contribution is -2.05. The third-order valence-corrected chi connectivity index (χ3v) is 3.90. The smallest absolute Gasteiger partial charge is 0.231 e. The van der Waals surface area contributed by atoms with Crippen molar-refractivity contribution in [2.75, 3.05) is 18.4 Å². The lowest BCUT2D eigenvalue weighted by Gasteiger charge is -2.09. The number of benzene rings is 1. The fraction of sp³-hybridized carbons (Fsp3) is 0.400. The fourth-order valence-corrected chi connectivity index (χ4v) is 3.26. The summed E-state index contributed by atoms with van der Waals surface area (Å²) in [6.45, 7) is 0.0790. The minimum atomic E-state index is -3.31. The lowest BCUT2D eigenvalue weighted by molar-refractivity contribution is 0.172. The summed E-state index contributed by atoms with van der Waals surface area (Å²) in [5.41, 5.74) is 0.753. The molecule has 88 valence electrons. The maximum absolute atomic E-state index is 11.7. The van der Waals surface area contributed by atoms with Gasteiger partial charge in [-0.05, 0) is 18.1 Å². The van der Waals surface area contributed by atoms with Crippen LogP contribution in [0.15, 0.2) is 17.0 Å². The van der Waals surface area contributed by atoms with Crippen molar-refractivity contribution < 1.29 is 17.9 Å². The van der Waals surface area contributed by atoms with E-state index in [-0.39, 0.29) is 11.7 Å². The lowest BCUT2D eigenvalue weighted by atomic mass is 10.1. The highest BCUT2D eigenvalue weighted by Crippen LogP contribution is 2.40. The Hall–Kier alpha value is -0.750. The third kappa shape index (κ3) is 2.04. The number of ether oxygens (including phenoxy) is 2. The van der Waals surface area contributed by atoms with Gasteiger partial charge in [0.15, 0.2) is 21.3 Å². The molecule has 0 amide bonds. The van der Waals surface area contributed by atoms with E-state index < -0.39 is 9.84 Å². The monoisotopic (exact) mass is 306 g/mol. The van der Waals surface area contributed by atoms with Crippen LogP contribution < -0.4 is 9.47 Å². The maximum Gasteiger partial charge on any atom is 0.231 e. The van der Waals surface area contributed by atoms with Gasteiger partial charge in [-0.2, -0.15) is 0 Å². The van der Waals surface area contributed by atoms with Crippen molar-refractivity contribution in [3.8, 4) is 11.5 Å². The van der Waals surface area contributed by atoms with Crippen LogP contribution in [0.4, 0.5) is 0 Å². The van der Waals surface area contributed by atoms with Crippen molar-refractivity contribution >= 4 is 25.8 Å². The van der Waals surface area contributed by atoms with E-state index in [2.05, 4.69) is 15.9 Å². The molecule has 1 aromatic carbocycles. The molecule has 1 heterocycles. The zero-order valence-electron chi connectivity index (χ0n) is 8.70. The maximum atomic E-state index is 11.7. The number of hydrogen-bond acceptors (Lipinski definition) is 4. The summed E-state index contributed by atoms with van der Waals surface area (Å²) in [6, 6.07) is 3.51. The normalized spacial score (nSPS) is 14.1. The molecule has 2 rings (SSSR count). The predicted octanol–water partition coefficient (Wildman–Crippen LogP) is 1.76. The summed E-state index contributed by atoms with van der Waals surface area (Å²) in [5, 5.41) is 0.704. The zero-order chi connectivity index (χ0) is 11.8. The number of aryl methyl sites for hydroxylation is 1. The highest BCUT2D eigenvalue weighted by atomic mass is 79.9. The van der Waals surface area contributed by atoms with E-state index in [0.717, 1.165) is 5.56 Å². The number of rotatable bonds is 3. The van der Waals surface area contributed by atoms with Gasteiger partial charge in [-0.25, -0.2) is 8.42 Å². The van der Waals surface area contributed by atoms with Crippen LogP contribution in [0.5, 0.6) is 11.5 Å². The molecule has 0 radical (unpaired) electrons. The van der Waals surface area contributed by atoms with Gasteiger partial charge in [-0.15, -0.1) is 0 Å². The number of sulfone groups is 1. The quantitative estimate of drug-likeness (QED) is 0.799. The number of alkyl halides is 1. The molecule has 16 heavy (non-hydrogen) atoms. The summed E-state index contributed by atoms with van der Waals surface area (Å²) in [5.74, 6) is 0.847. The van der Waals surface area contributed by atoms with Crippen LogP contribution >= 0.6 is 15.9 Å². The second-order valence-electron chi connectivity index (χ2n) is 3.50. The molecule has 0 unspecified atom stereocenters. The highest BCUT2D eigenvalue weighted by molar-refractivity contribution is 9.09. The highest BCUT2D eigenvalue weighted by Gasteiger charge is 2.26. The zero-order valence-corrected chi connectivity index (χ0v) is 11.1. The SMILES string of the molecule is CS(=O)(=O)c1c(CCBr)ccc2c1OCO2. The first-order valence-electron chi connectivity index (χ1n) is 4.71. The molecule has 0 aromatic heterocycles. The van der Waals surface area contributed by atoms with Crippen LogP contribution in [0.1, 0.15) is 5.56 Å². The van der Waals surface area contributed by atoms with Gasteiger partial charge in [0.25, 0.3) is 0 Å². The molecule has 1 aliphatic heterocycles. The van der Waals surface area contributed by atoms with E-state index in [1.807, 2.05) is 0 Å². The van der Waals surface area contributed by atoms with Gasteiger partial charge in [0.05, 0.1) is 0 Å². The Balaban J connectivity index is 2.65. The van der Waals surface area contributed by atoms with E-state index >= 15 is 0 Å². The molecule has 0 saturated carbocycles. The summed E-state index contributed by atoms with van der Waals surface area (Å²) in [7, 11) is -3.31. The average Bonchev–Trinajstić information content (AvgIpc) is 2.63. The van der Waals surface area contributed by atoms with E-state index in [9.17, 15) is 8.42 Å². The Morgan fingerprint density at radius 2 is 2.12 bits per heavy atom. The van der Waals surface area contributed by atoms with Crippen molar-refractivity contribution in [2.45, 2.75) is 11.3 Å². The Labute approximate surface area is 103 Å². The molecular formula is C10H11BrO4S. The molecule has 6 heteroatoms. The van der Waals surface area contributed by atoms with Gasteiger partial charge in [-0.1, -0.05) is 22.0 Å². The molecule has 0 aliphatic carbocycles. The average molecular weight is 307 g/mol. The van der Waals surface area contributed by atoms with Gasteiger partial charge in [-0.3, -0.25) is 0 Å². The molecule has 0 fully saturated rings. The predicted molar refractivity (Wildman–Crippen MR) is 63.2 cm³/mol. The van der Waals surface area contributed by atoms with Crippen molar-refractivity contribution in [1.82, 2.24) is 0 Å². The molecule has 1 aliphatic rings. The Bertz CT molecular complexity index is 510. The standard InChI is InChI=1S/C10H11BrO4S/c1-16(12,13)10-7(4-5-11)2-3-8-9(10)15-6-14-8/h2-3H,4-6H2,1H3. The summed E-state index contributed by atoms with van der Waals surface area (Å²) >= 11 is 3.30. The van der Waals surface area contributed by atoms with Gasteiger partial charge in [0.1, 0.15) is 4.90 Å². The first-order valence-corrected chi connectivity index (χ1v) is 7.73. The van der Waals surface area contributed by atoms with E-state index in [1.165, 1.54) is 6.26 Å². The van der Waals surface area contributed by atoms with Crippen molar-refractivity contribution in [3.63, 3.8) is 0 Å². The van der Waals surface area contributed by atoms with E-state index in [1.54, 1.807) is 12.1 Å². The van der Waals surface area contributed by atoms with Gasteiger partial charge >= 0.3 is 0 Å². The largest absolute Gasteiger partial charge is 0.454 e. The molecule has 0 atom stereocenters. The summed E-state index contributed by atoms with van der Waals surface area (Å²) in [4.78, 5) is 0.252. The van der Waals surface area contributed by atoms with Crippen molar-refractivity contribution in [1.29, 1.82) is 0 Å². The van der Waals surface area contributed by atoms with E-state index in [4.69, 9.17) is 9.47 Å². The fourth-order valence-electron chi connectivity index (χ4n) is 1.69. The van der Waals surface area contributed by atoms with Crippen LogP contribution in [-0.4, -0.2) is 26.8 Å². The number of fused-ring (bicyclic) bond motifs is 1. The second kappa shape index (κ2) is 4.25. The first kappa shape index (κ1) is 11.7. The van der Waals surface area contributed by atoms with Crippen LogP contribution in [0.25, 0.3) is 0 Å². The van der Waals surface area contributed by atoms with Gasteiger partial charge < -0.3 is 9.47 Å². The Morgan fingerprint density at radius 1 is 1.38 bits per heavy atom. The van der Waals surface area contributed by atoms with Crippen molar-refractivity contribution in [2.24, 2.45) is 0 Å². The van der Waals surface area contributed by atoms with Gasteiger partial charge in [0.2, 0.25) is 6.79 Å². The van der Waals surface area contributed by atoms with E-state index in [0.29, 0.717) is 23.2 Å². The molecule has 0 spiro atoms. The van der Waals surface area contributed by atoms with Gasteiger partial charge in [0, 0.05) is 11.6 Å². The number of hydrogen-bond donors (Lipinski definition) is 0. The van der Waals surface area contributed by atoms with Crippen LogP contribution in [-0.2, 0) is 16.3 Å². The van der Waals surface area contributed by atoms with Crippen LogP contribution in [0.3, 0.4) is 0 Å². The molecule has 0 bridgehead atoms. The first-order chi connectivity index (χ1) is 7.54. The number of halogens is 1. The van der Waals surface area contributed by atoms with Crippen molar-refractivity contribution in [3.05, 3.63) is 17.7 Å². The second-order valence-corrected chi connectivity index (χ2v) is 6.24. The minimum Gasteiger partial charge on any atom is -0.454 e. The summed E-state index contributed by atoms with van der Waals surface area (Å²) < 4.78 is 33.9. The molecule has 0 N–H and O–H groups in total. The molecule has 0 saturated heterocycles. The minimum absolute atomic E-state index is 0.0790. The van der Waals surface area contributed by atoms with Crippen LogP contribution in [0, 0.1) is 0 Å². The molecular weight excluding hydrogens is 296 g/mol. The Morgan fingerprint density at radius 3 is 2.75 bits per heavy atom. The van der Waals surface area contributed by atoms with Crippen LogP contribution in [0.2, 0.25) is 0 Å². The molecule has 4 nitrogen and oxygen atoms in total. The summed E-state index contributed by atoms with van der Waals surface area (Å²) in [6.07, 6.45) is 1.82. The topological polar surface area (TPSA) is 52.6 Å². The Kier molecular flexibility index (Phi) is 3.12. The molecule has 1 aromatic rings.